The van der Waals surface area contributed by atoms with Gasteiger partial charge in [0.25, 0.3) is 0 Å². The summed E-state index contributed by atoms with van der Waals surface area (Å²) in [5, 5.41) is 0.916. The van der Waals surface area contributed by atoms with Crippen LogP contribution in [0, 0.1) is 0 Å². The Morgan fingerprint density at radius 3 is 2.79 bits per heavy atom. The molecule has 0 fully saturated rings. The molecule has 0 aliphatic rings. The molecule has 1 aromatic heterocycles. The normalized spacial score (nSPS) is 9.57. The van der Waals surface area contributed by atoms with Gasteiger partial charge in [0.05, 0.1) is 18.0 Å². The number of aromatic nitrogens is 2. The van der Waals surface area contributed by atoms with Crippen LogP contribution < -0.4 is 4.74 Å². The molecule has 2 aromatic rings. The van der Waals surface area contributed by atoms with Crippen LogP contribution in [0.2, 0.25) is 0 Å². The summed E-state index contributed by atoms with van der Waals surface area (Å²) in [5.74, 6) is 0.603. The van der Waals surface area contributed by atoms with Crippen molar-refractivity contribution in [3.63, 3.8) is 0 Å². The summed E-state index contributed by atoms with van der Waals surface area (Å²) in [6, 6.07) is 5.80. The van der Waals surface area contributed by atoms with Gasteiger partial charge < -0.3 is 4.74 Å². The van der Waals surface area contributed by atoms with Gasteiger partial charge in [0, 0.05) is 4.47 Å². The molecule has 0 N–H and O–H groups in total. The van der Waals surface area contributed by atoms with Gasteiger partial charge in [-0.2, -0.15) is 0 Å². The highest BCUT2D eigenvalue weighted by molar-refractivity contribution is 9.10. The first-order valence-corrected chi connectivity index (χ1v) is 4.55. The Morgan fingerprint density at radius 2 is 2.07 bits per heavy atom. The second kappa shape index (κ2) is 4.57. The molecule has 5 heteroatoms. The lowest BCUT2D eigenvalue weighted by Crippen LogP contribution is -1.90. The van der Waals surface area contributed by atoms with Crippen molar-refractivity contribution >= 4 is 39.2 Å². The second-order valence-corrected chi connectivity index (χ2v) is 3.46. The minimum absolute atomic E-state index is 0. The van der Waals surface area contributed by atoms with Crippen molar-refractivity contribution < 1.29 is 4.74 Å². The fourth-order valence-corrected chi connectivity index (χ4v) is 1.53. The first-order valence-electron chi connectivity index (χ1n) is 3.75. The highest BCUT2D eigenvalue weighted by atomic mass is 79.9. The zero-order valence-corrected chi connectivity index (χ0v) is 9.80. The largest absolute Gasteiger partial charge is 0.480 e. The van der Waals surface area contributed by atoms with Gasteiger partial charge in [0.15, 0.2) is 0 Å². The van der Waals surface area contributed by atoms with Gasteiger partial charge in [-0.15, -0.1) is 12.4 Å². The summed E-state index contributed by atoms with van der Waals surface area (Å²) >= 11 is 3.38. The summed E-state index contributed by atoms with van der Waals surface area (Å²) in [6.07, 6.45) is 1.50. The molecule has 14 heavy (non-hydrogen) atoms. The van der Waals surface area contributed by atoms with E-state index in [0.717, 1.165) is 15.4 Å². The van der Waals surface area contributed by atoms with Crippen molar-refractivity contribution in [2.45, 2.75) is 0 Å². The Balaban J connectivity index is 0.000000980. The molecule has 0 atom stereocenters. The first kappa shape index (κ1) is 11.2. The molecule has 0 spiro atoms. The monoisotopic (exact) mass is 274 g/mol. The van der Waals surface area contributed by atoms with E-state index in [1.165, 1.54) is 6.33 Å². The summed E-state index contributed by atoms with van der Waals surface area (Å²) in [5.41, 5.74) is 0.884. The topological polar surface area (TPSA) is 35.0 Å². The van der Waals surface area contributed by atoms with Gasteiger partial charge >= 0.3 is 0 Å². The molecule has 0 saturated carbocycles. The van der Waals surface area contributed by atoms with Gasteiger partial charge in [-0.3, -0.25) is 0 Å². The Hall–Kier alpha value is -0.870. The molecule has 0 amide bonds. The number of ether oxygens (including phenoxy) is 1. The Kier molecular flexibility index (Phi) is 3.66. The molecule has 1 aromatic carbocycles. The van der Waals surface area contributed by atoms with E-state index in [-0.39, 0.29) is 12.4 Å². The molecular weight excluding hydrogens is 267 g/mol. The molecule has 1 heterocycles. The summed E-state index contributed by atoms with van der Waals surface area (Å²) in [6.45, 7) is 0. The van der Waals surface area contributed by atoms with E-state index >= 15 is 0 Å². The number of methoxy groups -OCH3 is 1. The smallest absolute Gasteiger partial charge is 0.224 e. The zero-order valence-electron chi connectivity index (χ0n) is 7.40. The molecule has 0 unspecified atom stereocenters. The second-order valence-electron chi connectivity index (χ2n) is 2.54. The van der Waals surface area contributed by atoms with E-state index in [2.05, 4.69) is 25.9 Å². The van der Waals surface area contributed by atoms with E-state index in [4.69, 9.17) is 4.74 Å². The van der Waals surface area contributed by atoms with Crippen molar-refractivity contribution in [1.29, 1.82) is 0 Å². The Labute approximate surface area is 96.1 Å². The maximum atomic E-state index is 5.11. The maximum absolute atomic E-state index is 5.11. The molecule has 0 saturated heterocycles. The van der Waals surface area contributed by atoms with E-state index in [0.29, 0.717) is 5.88 Å². The maximum Gasteiger partial charge on any atom is 0.224 e. The van der Waals surface area contributed by atoms with E-state index < -0.39 is 0 Å². The predicted molar refractivity (Wildman–Crippen MR) is 61.0 cm³/mol. The minimum atomic E-state index is 0. The van der Waals surface area contributed by atoms with Gasteiger partial charge in [-0.25, -0.2) is 9.97 Å². The lowest BCUT2D eigenvalue weighted by molar-refractivity contribution is 0.402. The third kappa shape index (κ3) is 1.96. The van der Waals surface area contributed by atoms with Crippen LogP contribution in [0.15, 0.2) is 29.0 Å². The molecule has 0 bridgehead atoms. The average Bonchev–Trinajstić information content (AvgIpc) is 2.17. The van der Waals surface area contributed by atoms with Crippen LogP contribution >= 0.6 is 28.3 Å². The number of rotatable bonds is 1. The molecular formula is C9H8BrClN2O. The third-order valence-corrected chi connectivity index (χ3v) is 2.25. The standard InChI is InChI=1S/C9H7BrN2O.ClH/c1-13-9-7-4-6(10)2-3-8(7)11-5-12-9;/h2-5H,1H3;1H. The number of fused-ring (bicyclic) bond motifs is 1. The summed E-state index contributed by atoms with van der Waals surface area (Å²) < 4.78 is 6.10. The van der Waals surface area contributed by atoms with Gasteiger partial charge in [0.1, 0.15) is 6.33 Å². The van der Waals surface area contributed by atoms with Crippen molar-refractivity contribution in [3.8, 4) is 5.88 Å². The average molecular weight is 276 g/mol. The SMILES string of the molecule is COc1ncnc2ccc(Br)cc12.Cl. The van der Waals surface area contributed by atoms with Crippen molar-refractivity contribution in [2.75, 3.05) is 7.11 Å². The Bertz CT molecular complexity index is 450. The van der Waals surface area contributed by atoms with Crippen LogP contribution in [-0.4, -0.2) is 17.1 Å². The van der Waals surface area contributed by atoms with E-state index in [1.54, 1.807) is 7.11 Å². The molecule has 74 valence electrons. The number of hydrogen-bond acceptors (Lipinski definition) is 3. The zero-order chi connectivity index (χ0) is 9.26. The van der Waals surface area contributed by atoms with Crippen LogP contribution in [0.5, 0.6) is 5.88 Å². The fourth-order valence-electron chi connectivity index (χ4n) is 1.17. The quantitative estimate of drug-likeness (QED) is 0.803. The fraction of sp³-hybridized carbons (Fsp3) is 0.111. The van der Waals surface area contributed by atoms with Gasteiger partial charge in [-0.1, -0.05) is 15.9 Å². The van der Waals surface area contributed by atoms with Gasteiger partial charge in [-0.05, 0) is 18.2 Å². The third-order valence-electron chi connectivity index (χ3n) is 1.75. The number of nitrogens with zero attached hydrogens (tertiary/aromatic N) is 2. The predicted octanol–water partition coefficient (Wildman–Crippen LogP) is 2.82. The number of halogens is 2. The number of hydrogen-bond donors (Lipinski definition) is 0. The van der Waals surface area contributed by atoms with Crippen molar-refractivity contribution in [1.82, 2.24) is 9.97 Å². The van der Waals surface area contributed by atoms with Crippen LogP contribution in [0.1, 0.15) is 0 Å². The van der Waals surface area contributed by atoms with Crippen LogP contribution in [0.3, 0.4) is 0 Å². The van der Waals surface area contributed by atoms with Crippen LogP contribution in [-0.2, 0) is 0 Å². The molecule has 0 aliphatic carbocycles. The Morgan fingerprint density at radius 1 is 1.29 bits per heavy atom. The van der Waals surface area contributed by atoms with Crippen molar-refractivity contribution in [3.05, 3.63) is 29.0 Å². The minimum Gasteiger partial charge on any atom is -0.480 e. The highest BCUT2D eigenvalue weighted by Gasteiger charge is 2.02. The molecule has 3 nitrogen and oxygen atoms in total. The number of benzene rings is 1. The highest BCUT2D eigenvalue weighted by Crippen LogP contribution is 2.24. The summed E-state index contributed by atoms with van der Waals surface area (Å²) in [7, 11) is 1.60. The first-order chi connectivity index (χ1) is 6.31. The van der Waals surface area contributed by atoms with E-state index in [9.17, 15) is 0 Å². The lowest BCUT2D eigenvalue weighted by atomic mass is 10.2. The lowest BCUT2D eigenvalue weighted by Gasteiger charge is -2.02. The van der Waals surface area contributed by atoms with Crippen molar-refractivity contribution in [2.24, 2.45) is 0 Å². The van der Waals surface area contributed by atoms with Crippen LogP contribution in [0.4, 0.5) is 0 Å². The molecule has 0 radical (unpaired) electrons. The summed E-state index contributed by atoms with van der Waals surface area (Å²) in [4.78, 5) is 8.13. The van der Waals surface area contributed by atoms with Gasteiger partial charge in [0.2, 0.25) is 5.88 Å². The van der Waals surface area contributed by atoms with Crippen LogP contribution in [0.25, 0.3) is 10.9 Å². The molecule has 2 rings (SSSR count). The van der Waals surface area contributed by atoms with E-state index in [1.807, 2.05) is 18.2 Å². The molecule has 0 aliphatic heterocycles.